The number of Topliss-reactive ketones (excluding diaryl/α,β-unsaturated/α-hetero) is 1. The van der Waals surface area contributed by atoms with Crippen molar-refractivity contribution in [2.24, 2.45) is 0 Å². The first kappa shape index (κ1) is 11.9. The Morgan fingerprint density at radius 2 is 2.18 bits per heavy atom. The highest BCUT2D eigenvalue weighted by molar-refractivity contribution is 6.09. The van der Waals surface area contributed by atoms with Gasteiger partial charge in [-0.15, -0.1) is 0 Å². The molecule has 17 heavy (non-hydrogen) atoms. The second kappa shape index (κ2) is 5.17. The summed E-state index contributed by atoms with van der Waals surface area (Å²) in [5, 5.41) is 0. The SMILES string of the molecule is CC(C)Oc1cccc(C(=O)C2=CCCC2)c1. The van der Waals surface area contributed by atoms with E-state index in [0.29, 0.717) is 0 Å². The molecule has 2 heteroatoms. The Hall–Kier alpha value is -1.57. The van der Waals surface area contributed by atoms with Gasteiger partial charge in [-0.1, -0.05) is 18.2 Å². The third-order valence-corrected chi connectivity index (χ3v) is 2.80. The molecule has 0 saturated heterocycles. The van der Waals surface area contributed by atoms with Crippen molar-refractivity contribution in [1.82, 2.24) is 0 Å². The van der Waals surface area contributed by atoms with Crippen LogP contribution in [0.2, 0.25) is 0 Å². The predicted molar refractivity (Wildman–Crippen MR) is 68.5 cm³/mol. The zero-order chi connectivity index (χ0) is 12.3. The average molecular weight is 230 g/mol. The summed E-state index contributed by atoms with van der Waals surface area (Å²) in [6.45, 7) is 3.96. The maximum atomic E-state index is 12.2. The van der Waals surface area contributed by atoms with Gasteiger partial charge in [-0.2, -0.15) is 0 Å². The second-order valence-electron chi connectivity index (χ2n) is 4.65. The van der Waals surface area contributed by atoms with Crippen LogP contribution < -0.4 is 4.74 Å². The molecule has 0 N–H and O–H groups in total. The molecule has 1 aromatic rings. The monoisotopic (exact) mass is 230 g/mol. The van der Waals surface area contributed by atoms with Crippen molar-refractivity contribution in [3.05, 3.63) is 41.5 Å². The number of carbonyl (C=O) groups is 1. The molecule has 0 atom stereocenters. The summed E-state index contributed by atoms with van der Waals surface area (Å²) in [6.07, 6.45) is 5.23. The fraction of sp³-hybridized carbons (Fsp3) is 0.400. The van der Waals surface area contributed by atoms with E-state index in [-0.39, 0.29) is 11.9 Å². The van der Waals surface area contributed by atoms with Crippen LogP contribution in [0.3, 0.4) is 0 Å². The number of ether oxygens (including phenoxy) is 1. The zero-order valence-corrected chi connectivity index (χ0v) is 10.4. The Balaban J connectivity index is 2.18. The molecule has 0 amide bonds. The lowest BCUT2D eigenvalue weighted by atomic mass is 10.0. The van der Waals surface area contributed by atoms with Crippen molar-refractivity contribution in [2.75, 3.05) is 0 Å². The van der Waals surface area contributed by atoms with Crippen LogP contribution in [0.25, 0.3) is 0 Å². The molecule has 2 rings (SSSR count). The van der Waals surface area contributed by atoms with Crippen LogP contribution in [0.1, 0.15) is 43.5 Å². The number of rotatable bonds is 4. The average Bonchev–Trinajstić information content (AvgIpc) is 2.81. The zero-order valence-electron chi connectivity index (χ0n) is 10.4. The Bertz CT molecular complexity index is 444. The molecule has 1 aliphatic carbocycles. The largest absolute Gasteiger partial charge is 0.491 e. The first-order valence-electron chi connectivity index (χ1n) is 6.17. The summed E-state index contributed by atoms with van der Waals surface area (Å²) < 4.78 is 5.60. The first-order valence-corrected chi connectivity index (χ1v) is 6.17. The highest BCUT2D eigenvalue weighted by atomic mass is 16.5. The van der Waals surface area contributed by atoms with Crippen molar-refractivity contribution in [3.63, 3.8) is 0 Å². The number of benzene rings is 1. The van der Waals surface area contributed by atoms with Crippen molar-refractivity contribution in [2.45, 2.75) is 39.2 Å². The maximum absolute atomic E-state index is 12.2. The van der Waals surface area contributed by atoms with Gasteiger partial charge in [0.05, 0.1) is 6.10 Å². The second-order valence-corrected chi connectivity index (χ2v) is 4.65. The van der Waals surface area contributed by atoms with Crippen molar-refractivity contribution in [1.29, 1.82) is 0 Å². The summed E-state index contributed by atoms with van der Waals surface area (Å²) in [4.78, 5) is 12.2. The molecule has 0 heterocycles. The highest BCUT2D eigenvalue weighted by Gasteiger charge is 2.15. The normalized spacial score (nSPS) is 14.9. The molecule has 0 aliphatic heterocycles. The fourth-order valence-corrected chi connectivity index (χ4v) is 2.05. The Morgan fingerprint density at radius 3 is 2.82 bits per heavy atom. The van der Waals surface area contributed by atoms with E-state index in [4.69, 9.17) is 4.74 Å². The summed E-state index contributed by atoms with van der Waals surface area (Å²) in [7, 11) is 0. The maximum Gasteiger partial charge on any atom is 0.188 e. The molecule has 0 saturated carbocycles. The Kier molecular flexibility index (Phi) is 3.62. The van der Waals surface area contributed by atoms with Crippen LogP contribution in [-0.2, 0) is 0 Å². The summed E-state index contributed by atoms with van der Waals surface area (Å²) in [5.74, 6) is 0.918. The smallest absolute Gasteiger partial charge is 0.188 e. The molecule has 1 aliphatic rings. The van der Waals surface area contributed by atoms with Gasteiger partial charge in [0.2, 0.25) is 0 Å². The van der Waals surface area contributed by atoms with Crippen molar-refractivity contribution in [3.8, 4) is 5.75 Å². The molecule has 0 aromatic heterocycles. The highest BCUT2D eigenvalue weighted by Crippen LogP contribution is 2.23. The third kappa shape index (κ3) is 2.96. The summed E-state index contributed by atoms with van der Waals surface area (Å²) in [6, 6.07) is 7.45. The van der Waals surface area contributed by atoms with Crippen LogP contribution in [0.15, 0.2) is 35.9 Å². The van der Waals surface area contributed by atoms with Crippen molar-refractivity contribution >= 4 is 5.78 Å². The van der Waals surface area contributed by atoms with E-state index in [2.05, 4.69) is 6.08 Å². The van der Waals surface area contributed by atoms with Gasteiger partial charge < -0.3 is 4.74 Å². The molecule has 2 nitrogen and oxygen atoms in total. The van der Waals surface area contributed by atoms with Crippen LogP contribution in [0, 0.1) is 0 Å². The molecule has 0 spiro atoms. The lowest BCUT2D eigenvalue weighted by Crippen LogP contribution is -2.07. The van der Waals surface area contributed by atoms with Crippen LogP contribution in [0.4, 0.5) is 0 Å². The van der Waals surface area contributed by atoms with E-state index in [9.17, 15) is 4.79 Å². The van der Waals surface area contributed by atoms with E-state index in [1.807, 2.05) is 38.1 Å². The lowest BCUT2D eigenvalue weighted by Gasteiger charge is -2.10. The van der Waals surface area contributed by atoms with E-state index >= 15 is 0 Å². The topological polar surface area (TPSA) is 26.3 Å². The molecular formula is C15H18O2. The van der Waals surface area contributed by atoms with Gasteiger partial charge in [0.15, 0.2) is 5.78 Å². The molecule has 0 fully saturated rings. The quantitative estimate of drug-likeness (QED) is 0.736. The first-order chi connectivity index (χ1) is 8.16. The van der Waals surface area contributed by atoms with E-state index < -0.39 is 0 Å². The molecule has 90 valence electrons. The van der Waals surface area contributed by atoms with Crippen LogP contribution >= 0.6 is 0 Å². The van der Waals surface area contributed by atoms with Gasteiger partial charge in [0.1, 0.15) is 5.75 Å². The minimum atomic E-state index is 0.131. The number of ketones is 1. The minimum absolute atomic E-state index is 0.131. The fourth-order valence-electron chi connectivity index (χ4n) is 2.05. The van der Waals surface area contributed by atoms with Crippen LogP contribution in [-0.4, -0.2) is 11.9 Å². The van der Waals surface area contributed by atoms with Gasteiger partial charge in [-0.05, 0) is 50.8 Å². The molecule has 0 unspecified atom stereocenters. The third-order valence-electron chi connectivity index (χ3n) is 2.80. The van der Waals surface area contributed by atoms with E-state index in [0.717, 1.165) is 36.1 Å². The van der Waals surface area contributed by atoms with Crippen molar-refractivity contribution < 1.29 is 9.53 Å². The number of hydrogen-bond acceptors (Lipinski definition) is 2. The Labute approximate surface area is 102 Å². The predicted octanol–water partition coefficient (Wildman–Crippen LogP) is 3.77. The van der Waals surface area contributed by atoms with Crippen LogP contribution in [0.5, 0.6) is 5.75 Å². The molecule has 1 aromatic carbocycles. The van der Waals surface area contributed by atoms with Gasteiger partial charge in [0, 0.05) is 5.56 Å². The number of carbonyl (C=O) groups excluding carboxylic acids is 1. The minimum Gasteiger partial charge on any atom is -0.491 e. The summed E-state index contributed by atoms with van der Waals surface area (Å²) in [5.41, 5.74) is 1.68. The summed E-state index contributed by atoms with van der Waals surface area (Å²) >= 11 is 0. The molecule has 0 bridgehead atoms. The van der Waals surface area contributed by atoms with Gasteiger partial charge >= 0.3 is 0 Å². The molecule has 0 radical (unpaired) electrons. The lowest BCUT2D eigenvalue weighted by molar-refractivity contribution is 0.103. The number of hydrogen-bond donors (Lipinski definition) is 0. The van der Waals surface area contributed by atoms with Gasteiger partial charge in [-0.3, -0.25) is 4.79 Å². The van der Waals surface area contributed by atoms with Gasteiger partial charge in [0.25, 0.3) is 0 Å². The van der Waals surface area contributed by atoms with Gasteiger partial charge in [-0.25, -0.2) is 0 Å². The van der Waals surface area contributed by atoms with E-state index in [1.54, 1.807) is 0 Å². The van der Waals surface area contributed by atoms with E-state index in [1.165, 1.54) is 0 Å². The standard InChI is InChI=1S/C15H18O2/c1-11(2)17-14-9-5-8-13(10-14)15(16)12-6-3-4-7-12/h5-6,8-11H,3-4,7H2,1-2H3. The Morgan fingerprint density at radius 1 is 1.35 bits per heavy atom. The molecular weight excluding hydrogens is 212 g/mol. The number of allylic oxidation sites excluding steroid dienone is 2.